The van der Waals surface area contributed by atoms with E-state index in [0.717, 1.165) is 23.5 Å². The van der Waals surface area contributed by atoms with Gasteiger partial charge in [-0.1, -0.05) is 6.07 Å². The minimum atomic E-state index is 0.572. The molecule has 0 unspecified atom stereocenters. The Balaban J connectivity index is 2.38. The van der Waals surface area contributed by atoms with Gasteiger partial charge < -0.3 is 9.30 Å². The molecule has 0 aromatic carbocycles. The number of methoxy groups -OCH3 is 1. The summed E-state index contributed by atoms with van der Waals surface area (Å²) >= 11 is 0. The van der Waals surface area contributed by atoms with Gasteiger partial charge in [0.15, 0.2) is 0 Å². The molecular formula is C17H19N3O. The van der Waals surface area contributed by atoms with Gasteiger partial charge in [0.05, 0.1) is 17.9 Å². The highest BCUT2D eigenvalue weighted by atomic mass is 16.5. The highest BCUT2D eigenvalue weighted by Crippen LogP contribution is 2.21. The first-order valence-electron chi connectivity index (χ1n) is 6.86. The largest absolute Gasteiger partial charge is 0.383 e. The molecule has 0 amide bonds. The van der Waals surface area contributed by atoms with Crippen molar-refractivity contribution in [3.05, 3.63) is 53.1 Å². The predicted octanol–water partition coefficient (Wildman–Crippen LogP) is 3.21. The van der Waals surface area contributed by atoms with Gasteiger partial charge in [0.25, 0.3) is 0 Å². The average molecular weight is 281 g/mol. The van der Waals surface area contributed by atoms with Crippen LogP contribution >= 0.6 is 0 Å². The predicted molar refractivity (Wildman–Crippen MR) is 83.5 cm³/mol. The maximum atomic E-state index is 9.36. The summed E-state index contributed by atoms with van der Waals surface area (Å²) in [6.45, 7) is 5.60. The number of ether oxygens (including phenoxy) is 1. The van der Waals surface area contributed by atoms with Crippen LogP contribution < -0.4 is 0 Å². The van der Waals surface area contributed by atoms with E-state index in [9.17, 15) is 5.26 Å². The van der Waals surface area contributed by atoms with Crippen molar-refractivity contribution in [3.63, 3.8) is 0 Å². The topological polar surface area (TPSA) is 50.8 Å². The molecule has 0 saturated carbocycles. The summed E-state index contributed by atoms with van der Waals surface area (Å²) in [7, 11) is 1.70. The van der Waals surface area contributed by atoms with Crippen molar-refractivity contribution in [1.82, 2.24) is 9.55 Å². The summed E-state index contributed by atoms with van der Waals surface area (Å²) in [5.74, 6) is 0. The number of pyridine rings is 1. The van der Waals surface area contributed by atoms with E-state index in [1.807, 2.05) is 24.3 Å². The van der Waals surface area contributed by atoms with Crippen LogP contribution in [0.5, 0.6) is 0 Å². The van der Waals surface area contributed by atoms with Gasteiger partial charge in [0.2, 0.25) is 0 Å². The van der Waals surface area contributed by atoms with Gasteiger partial charge in [-0.25, -0.2) is 0 Å². The standard InChI is InChI=1S/C17H19N3O/c1-13-10-15(14(2)20(13)8-9-21-3)11-16(12-18)17-6-4-5-7-19-17/h4-7,10-11H,8-9H2,1-3H3. The molecule has 0 fully saturated rings. The molecule has 0 N–H and O–H groups in total. The molecule has 0 radical (unpaired) electrons. The SMILES string of the molecule is COCCn1c(C)cc(C=C(C#N)c2ccccn2)c1C. The minimum Gasteiger partial charge on any atom is -0.383 e. The monoisotopic (exact) mass is 281 g/mol. The molecule has 0 saturated heterocycles. The molecule has 2 heterocycles. The van der Waals surface area contributed by atoms with Crippen LogP contribution in [0.25, 0.3) is 11.6 Å². The lowest BCUT2D eigenvalue weighted by Crippen LogP contribution is -2.07. The molecule has 0 aliphatic carbocycles. The van der Waals surface area contributed by atoms with Gasteiger partial charge in [-0.15, -0.1) is 0 Å². The zero-order valence-electron chi connectivity index (χ0n) is 12.6. The Morgan fingerprint density at radius 2 is 2.24 bits per heavy atom. The second-order valence-electron chi connectivity index (χ2n) is 4.86. The fourth-order valence-electron chi connectivity index (χ4n) is 2.34. The zero-order chi connectivity index (χ0) is 15.2. The van der Waals surface area contributed by atoms with Crippen LogP contribution in [0.4, 0.5) is 0 Å². The summed E-state index contributed by atoms with van der Waals surface area (Å²) in [6.07, 6.45) is 3.59. The maximum absolute atomic E-state index is 9.36. The van der Waals surface area contributed by atoms with E-state index in [4.69, 9.17) is 4.74 Å². The minimum absolute atomic E-state index is 0.572. The third-order valence-corrected chi connectivity index (χ3v) is 3.49. The van der Waals surface area contributed by atoms with Crippen molar-refractivity contribution in [1.29, 1.82) is 5.26 Å². The van der Waals surface area contributed by atoms with E-state index < -0.39 is 0 Å². The molecule has 0 atom stereocenters. The number of nitrogens with zero attached hydrogens (tertiary/aromatic N) is 3. The molecule has 0 spiro atoms. The molecule has 2 rings (SSSR count). The van der Waals surface area contributed by atoms with Crippen molar-refractivity contribution < 1.29 is 4.74 Å². The van der Waals surface area contributed by atoms with Gasteiger partial charge >= 0.3 is 0 Å². The Bertz CT molecular complexity index is 678. The van der Waals surface area contributed by atoms with Crippen LogP contribution in [-0.2, 0) is 11.3 Å². The Morgan fingerprint density at radius 1 is 1.43 bits per heavy atom. The molecule has 0 aliphatic heterocycles. The maximum Gasteiger partial charge on any atom is 0.101 e. The summed E-state index contributed by atoms with van der Waals surface area (Å²) in [6, 6.07) is 9.89. The van der Waals surface area contributed by atoms with E-state index >= 15 is 0 Å². The summed E-state index contributed by atoms with van der Waals surface area (Å²) in [5, 5.41) is 9.36. The number of hydrogen-bond donors (Lipinski definition) is 0. The lowest BCUT2D eigenvalue weighted by molar-refractivity contribution is 0.186. The first-order valence-corrected chi connectivity index (χ1v) is 6.86. The fourth-order valence-corrected chi connectivity index (χ4v) is 2.34. The van der Waals surface area contributed by atoms with Crippen LogP contribution in [0.3, 0.4) is 0 Å². The van der Waals surface area contributed by atoms with Gasteiger partial charge in [0.1, 0.15) is 6.07 Å². The van der Waals surface area contributed by atoms with Gasteiger partial charge in [-0.05, 0) is 43.7 Å². The van der Waals surface area contributed by atoms with Crippen molar-refractivity contribution >= 4 is 11.6 Å². The van der Waals surface area contributed by atoms with E-state index in [2.05, 4.69) is 35.5 Å². The Kier molecular flexibility index (Phi) is 4.91. The quantitative estimate of drug-likeness (QED) is 0.791. The van der Waals surface area contributed by atoms with Crippen molar-refractivity contribution in [2.75, 3.05) is 13.7 Å². The van der Waals surface area contributed by atoms with E-state index in [1.165, 1.54) is 0 Å². The van der Waals surface area contributed by atoms with Crippen LogP contribution in [0.15, 0.2) is 30.5 Å². The van der Waals surface area contributed by atoms with Gasteiger partial charge in [-0.3, -0.25) is 4.98 Å². The third kappa shape index (κ3) is 3.39. The molecule has 4 heteroatoms. The van der Waals surface area contributed by atoms with E-state index in [-0.39, 0.29) is 0 Å². The molecule has 21 heavy (non-hydrogen) atoms. The number of allylic oxidation sites excluding steroid dienone is 1. The third-order valence-electron chi connectivity index (χ3n) is 3.49. The average Bonchev–Trinajstić information content (AvgIpc) is 2.77. The number of hydrogen-bond acceptors (Lipinski definition) is 3. The Hall–Kier alpha value is -2.38. The highest BCUT2D eigenvalue weighted by Gasteiger charge is 2.09. The summed E-state index contributed by atoms with van der Waals surface area (Å²) in [4.78, 5) is 4.24. The Morgan fingerprint density at radius 3 is 2.86 bits per heavy atom. The Labute approximate surface area is 125 Å². The molecule has 4 nitrogen and oxygen atoms in total. The molecule has 2 aromatic heterocycles. The highest BCUT2D eigenvalue weighted by molar-refractivity contribution is 5.88. The fraction of sp³-hybridized carbons (Fsp3) is 0.294. The number of nitriles is 1. The molecule has 0 aliphatic rings. The number of aromatic nitrogens is 2. The number of aryl methyl sites for hydroxylation is 1. The van der Waals surface area contributed by atoms with E-state index in [0.29, 0.717) is 17.9 Å². The second kappa shape index (κ2) is 6.87. The van der Waals surface area contributed by atoms with Crippen LogP contribution in [0.1, 0.15) is 22.6 Å². The van der Waals surface area contributed by atoms with Crippen LogP contribution in [-0.4, -0.2) is 23.3 Å². The second-order valence-corrected chi connectivity index (χ2v) is 4.86. The summed E-state index contributed by atoms with van der Waals surface area (Å²) in [5.41, 5.74) is 4.61. The zero-order valence-corrected chi connectivity index (χ0v) is 12.6. The van der Waals surface area contributed by atoms with Crippen molar-refractivity contribution in [2.45, 2.75) is 20.4 Å². The number of rotatable bonds is 5. The van der Waals surface area contributed by atoms with Crippen LogP contribution in [0, 0.1) is 25.2 Å². The van der Waals surface area contributed by atoms with Gasteiger partial charge in [0, 0.05) is 31.2 Å². The molecule has 2 aromatic rings. The normalized spacial score (nSPS) is 11.4. The van der Waals surface area contributed by atoms with Crippen LogP contribution in [0.2, 0.25) is 0 Å². The summed E-state index contributed by atoms with van der Waals surface area (Å²) < 4.78 is 7.34. The van der Waals surface area contributed by atoms with Crippen molar-refractivity contribution in [2.24, 2.45) is 0 Å². The first kappa shape index (κ1) is 15.0. The lowest BCUT2D eigenvalue weighted by Gasteiger charge is -2.08. The molecular weight excluding hydrogens is 262 g/mol. The molecule has 108 valence electrons. The van der Waals surface area contributed by atoms with Crippen molar-refractivity contribution in [3.8, 4) is 6.07 Å². The lowest BCUT2D eigenvalue weighted by atomic mass is 10.1. The smallest absolute Gasteiger partial charge is 0.101 e. The molecule has 0 bridgehead atoms. The first-order chi connectivity index (χ1) is 10.2. The van der Waals surface area contributed by atoms with E-state index in [1.54, 1.807) is 13.3 Å². The van der Waals surface area contributed by atoms with Gasteiger partial charge in [-0.2, -0.15) is 5.26 Å².